The molecule has 0 fully saturated rings. The van der Waals surface area contributed by atoms with Crippen LogP contribution in [0.5, 0.6) is 0 Å². The molecule has 5 nitrogen and oxygen atoms in total. The Kier molecular flexibility index (Phi) is 3.84. The molecule has 3 heterocycles. The number of anilines is 1. The fraction of sp³-hybridized carbons (Fsp3) is 0.267. The number of fused-ring (bicyclic) bond motifs is 1. The summed E-state index contributed by atoms with van der Waals surface area (Å²) in [6, 6.07) is 5.83. The lowest BCUT2D eigenvalue weighted by Gasteiger charge is -2.24. The van der Waals surface area contributed by atoms with E-state index < -0.39 is 5.97 Å². The molecule has 0 unspecified atom stereocenters. The first-order chi connectivity index (χ1) is 10.5. The predicted molar refractivity (Wildman–Crippen MR) is 91.2 cm³/mol. The zero-order valence-corrected chi connectivity index (χ0v) is 14.0. The molecule has 114 valence electrons. The van der Waals surface area contributed by atoms with Gasteiger partial charge in [0.25, 0.3) is 0 Å². The van der Waals surface area contributed by atoms with Crippen LogP contribution in [0.4, 0.5) is 5.82 Å². The van der Waals surface area contributed by atoms with Gasteiger partial charge >= 0.3 is 5.97 Å². The number of thiophene rings is 2. The van der Waals surface area contributed by atoms with Gasteiger partial charge in [0.05, 0.1) is 4.88 Å². The maximum absolute atomic E-state index is 11.2. The maximum Gasteiger partial charge on any atom is 0.346 e. The van der Waals surface area contributed by atoms with E-state index in [1.165, 1.54) is 0 Å². The zero-order valence-electron chi connectivity index (χ0n) is 12.4. The molecule has 0 atom stereocenters. The second-order valence-electron chi connectivity index (χ2n) is 5.18. The molecule has 22 heavy (non-hydrogen) atoms. The molecule has 0 bridgehead atoms. The van der Waals surface area contributed by atoms with Gasteiger partial charge in [-0.1, -0.05) is 6.07 Å². The molecule has 0 amide bonds. The number of nitrogens with zero attached hydrogens (tertiary/aromatic N) is 3. The highest BCUT2D eigenvalue weighted by molar-refractivity contribution is 7.20. The summed E-state index contributed by atoms with van der Waals surface area (Å²) in [7, 11) is 1.98. The topological polar surface area (TPSA) is 66.3 Å². The van der Waals surface area contributed by atoms with Crippen molar-refractivity contribution in [2.75, 3.05) is 11.9 Å². The third kappa shape index (κ3) is 2.57. The van der Waals surface area contributed by atoms with Crippen LogP contribution in [0.2, 0.25) is 0 Å². The van der Waals surface area contributed by atoms with Crippen molar-refractivity contribution >= 4 is 44.8 Å². The van der Waals surface area contributed by atoms with Crippen LogP contribution in [-0.4, -0.2) is 34.1 Å². The summed E-state index contributed by atoms with van der Waals surface area (Å²) >= 11 is 2.76. The van der Waals surface area contributed by atoms with Crippen molar-refractivity contribution < 1.29 is 9.90 Å². The highest BCUT2D eigenvalue weighted by Crippen LogP contribution is 2.35. The molecule has 0 aromatic carbocycles. The summed E-state index contributed by atoms with van der Waals surface area (Å²) in [4.78, 5) is 24.5. The van der Waals surface area contributed by atoms with E-state index in [0.29, 0.717) is 10.3 Å². The monoisotopic (exact) mass is 333 g/mol. The van der Waals surface area contributed by atoms with Gasteiger partial charge in [0, 0.05) is 13.1 Å². The third-order valence-electron chi connectivity index (χ3n) is 3.42. The predicted octanol–water partition coefficient (Wildman–Crippen LogP) is 3.96. The minimum absolute atomic E-state index is 0.261. The van der Waals surface area contributed by atoms with Crippen LogP contribution in [0, 0.1) is 0 Å². The Morgan fingerprint density at radius 2 is 2.14 bits per heavy atom. The van der Waals surface area contributed by atoms with E-state index in [2.05, 4.69) is 28.7 Å². The van der Waals surface area contributed by atoms with Gasteiger partial charge < -0.3 is 10.0 Å². The van der Waals surface area contributed by atoms with Gasteiger partial charge in [-0.15, -0.1) is 22.7 Å². The van der Waals surface area contributed by atoms with Crippen LogP contribution in [0.3, 0.4) is 0 Å². The summed E-state index contributed by atoms with van der Waals surface area (Å²) in [5.74, 6) is -0.162. The van der Waals surface area contributed by atoms with Crippen LogP contribution >= 0.6 is 22.7 Å². The number of carbonyl (C=O) groups is 1. The lowest BCUT2D eigenvalue weighted by molar-refractivity contribution is 0.0702. The van der Waals surface area contributed by atoms with Crippen molar-refractivity contribution in [3.8, 4) is 10.6 Å². The fourth-order valence-corrected chi connectivity index (χ4v) is 3.54. The summed E-state index contributed by atoms with van der Waals surface area (Å²) in [6.07, 6.45) is 0. The molecule has 0 spiro atoms. The molecular formula is C15H15N3O2S2. The van der Waals surface area contributed by atoms with Crippen molar-refractivity contribution in [2.45, 2.75) is 19.9 Å². The Labute approximate surface area is 135 Å². The molecule has 3 aromatic rings. The van der Waals surface area contributed by atoms with Crippen molar-refractivity contribution in [1.29, 1.82) is 0 Å². The average molecular weight is 333 g/mol. The number of aromatic nitrogens is 2. The molecule has 0 saturated heterocycles. The molecule has 3 aromatic heterocycles. The summed E-state index contributed by atoms with van der Waals surface area (Å²) in [5.41, 5.74) is 1.43. The summed E-state index contributed by atoms with van der Waals surface area (Å²) in [5, 5.41) is 11.1. The Bertz CT molecular complexity index is 825. The van der Waals surface area contributed by atoms with Crippen LogP contribution in [0.15, 0.2) is 23.6 Å². The second-order valence-corrected chi connectivity index (χ2v) is 7.16. The first-order valence-corrected chi connectivity index (χ1v) is 8.48. The number of rotatable bonds is 4. The molecule has 0 saturated carbocycles. The molecule has 0 aliphatic carbocycles. The van der Waals surface area contributed by atoms with E-state index in [1.807, 2.05) is 24.6 Å². The van der Waals surface area contributed by atoms with Gasteiger partial charge in [-0.05, 0) is 31.4 Å². The highest BCUT2D eigenvalue weighted by Gasteiger charge is 2.19. The van der Waals surface area contributed by atoms with Gasteiger partial charge in [-0.2, -0.15) is 0 Å². The fourth-order valence-electron chi connectivity index (χ4n) is 2.03. The largest absolute Gasteiger partial charge is 0.477 e. The second kappa shape index (κ2) is 5.66. The van der Waals surface area contributed by atoms with Crippen LogP contribution < -0.4 is 4.90 Å². The smallest absolute Gasteiger partial charge is 0.346 e. The van der Waals surface area contributed by atoms with Crippen molar-refractivity contribution in [2.24, 2.45) is 0 Å². The molecule has 7 heteroatoms. The van der Waals surface area contributed by atoms with E-state index >= 15 is 0 Å². The average Bonchev–Trinajstić information content (AvgIpc) is 3.13. The van der Waals surface area contributed by atoms with Crippen molar-refractivity contribution in [1.82, 2.24) is 9.97 Å². The zero-order chi connectivity index (χ0) is 15.9. The lowest BCUT2D eigenvalue weighted by atomic mass is 10.2. The van der Waals surface area contributed by atoms with E-state index in [1.54, 1.807) is 17.4 Å². The first kappa shape index (κ1) is 14.9. The first-order valence-electron chi connectivity index (χ1n) is 6.79. The molecule has 0 aliphatic heterocycles. The van der Waals surface area contributed by atoms with Crippen molar-refractivity contribution in [3.05, 3.63) is 28.5 Å². The van der Waals surface area contributed by atoms with Gasteiger partial charge in [-0.3, -0.25) is 0 Å². The Hall–Kier alpha value is -1.99. The van der Waals surface area contributed by atoms with E-state index in [4.69, 9.17) is 5.11 Å². The molecular weight excluding hydrogens is 318 g/mol. The number of aromatic carboxylic acids is 1. The number of carboxylic acid groups (broad SMARTS) is 1. The van der Waals surface area contributed by atoms with Crippen LogP contribution in [0.25, 0.3) is 20.9 Å². The number of hydrogen-bond acceptors (Lipinski definition) is 6. The normalized spacial score (nSPS) is 11.3. The summed E-state index contributed by atoms with van der Waals surface area (Å²) in [6.45, 7) is 4.17. The molecule has 3 rings (SSSR count). The molecule has 0 radical (unpaired) electrons. The van der Waals surface area contributed by atoms with Crippen LogP contribution in [-0.2, 0) is 0 Å². The van der Waals surface area contributed by atoms with Crippen molar-refractivity contribution in [3.63, 3.8) is 0 Å². The number of carboxylic acids is 1. The quantitative estimate of drug-likeness (QED) is 0.783. The molecule has 0 aliphatic rings. The molecule has 1 N–H and O–H groups in total. The van der Waals surface area contributed by atoms with Gasteiger partial charge in [0.2, 0.25) is 0 Å². The van der Waals surface area contributed by atoms with E-state index in [0.717, 1.165) is 27.7 Å². The highest BCUT2D eigenvalue weighted by atomic mass is 32.1. The van der Waals surface area contributed by atoms with Gasteiger partial charge in [0.1, 0.15) is 20.9 Å². The Balaban J connectivity index is 2.25. The van der Waals surface area contributed by atoms with Crippen LogP contribution in [0.1, 0.15) is 23.5 Å². The standard InChI is InChI=1S/C15H15N3O2S2/c1-8(2)18(3)13-12(10-5-4-6-21-10)16-9-7-11(15(19)20)22-14(9)17-13/h4-8H,1-3H3,(H,19,20). The minimum atomic E-state index is -0.943. The maximum atomic E-state index is 11.2. The summed E-state index contributed by atoms with van der Waals surface area (Å²) < 4.78 is 0. The minimum Gasteiger partial charge on any atom is -0.477 e. The van der Waals surface area contributed by atoms with E-state index in [-0.39, 0.29) is 10.9 Å². The Morgan fingerprint density at radius 3 is 2.73 bits per heavy atom. The van der Waals surface area contributed by atoms with Gasteiger partial charge in [-0.25, -0.2) is 14.8 Å². The third-order valence-corrected chi connectivity index (χ3v) is 5.30. The SMILES string of the molecule is CC(C)N(C)c1nc2sc(C(=O)O)cc2nc1-c1cccs1. The Morgan fingerprint density at radius 1 is 1.36 bits per heavy atom. The van der Waals surface area contributed by atoms with E-state index in [9.17, 15) is 4.79 Å². The lowest BCUT2D eigenvalue weighted by Crippen LogP contribution is -2.27. The van der Waals surface area contributed by atoms with Gasteiger partial charge in [0.15, 0.2) is 5.82 Å². The number of hydrogen-bond donors (Lipinski definition) is 1.